The largest absolute Gasteiger partial charge is 0.307 e. The van der Waals surface area contributed by atoms with E-state index in [2.05, 4.69) is 24.4 Å². The number of hydrogen-bond acceptors (Lipinski definition) is 1. The van der Waals surface area contributed by atoms with Crippen LogP contribution in [0.25, 0.3) is 0 Å². The third kappa shape index (κ3) is 3.14. The second-order valence-electron chi connectivity index (χ2n) is 6.41. The molecular formula is C17H24ClN. The molecule has 0 aromatic heterocycles. The van der Waals surface area contributed by atoms with Crippen LogP contribution < -0.4 is 5.32 Å². The Kier molecular flexibility index (Phi) is 4.14. The van der Waals surface area contributed by atoms with Crippen LogP contribution in [0.1, 0.15) is 62.6 Å². The normalized spacial score (nSPS) is 30.9. The minimum Gasteiger partial charge on any atom is -0.307 e. The van der Waals surface area contributed by atoms with E-state index in [1.165, 1.54) is 56.1 Å². The Labute approximate surface area is 121 Å². The lowest BCUT2D eigenvalue weighted by Gasteiger charge is -2.22. The highest BCUT2D eigenvalue weighted by Crippen LogP contribution is 2.34. The van der Waals surface area contributed by atoms with Crippen LogP contribution in [0, 0.1) is 5.92 Å². The SMILES string of the molecule is CC1CCCC(NC2CCc3cc(Cl)ccc32)CC1. The zero-order valence-electron chi connectivity index (χ0n) is 11.8. The van der Waals surface area contributed by atoms with Crippen LogP contribution in [0.4, 0.5) is 0 Å². The van der Waals surface area contributed by atoms with Crippen LogP contribution in [0.2, 0.25) is 5.02 Å². The molecule has 1 nitrogen and oxygen atoms in total. The molecule has 1 N–H and O–H groups in total. The molecule has 2 aliphatic rings. The highest BCUT2D eigenvalue weighted by atomic mass is 35.5. The molecule has 19 heavy (non-hydrogen) atoms. The smallest absolute Gasteiger partial charge is 0.0408 e. The highest BCUT2D eigenvalue weighted by molar-refractivity contribution is 6.30. The van der Waals surface area contributed by atoms with Gasteiger partial charge in [0.05, 0.1) is 0 Å². The fraction of sp³-hybridized carbons (Fsp3) is 0.647. The minimum absolute atomic E-state index is 0.561. The van der Waals surface area contributed by atoms with Crippen molar-refractivity contribution in [1.29, 1.82) is 0 Å². The number of rotatable bonds is 2. The number of benzene rings is 1. The Morgan fingerprint density at radius 2 is 2.00 bits per heavy atom. The van der Waals surface area contributed by atoms with Gasteiger partial charge < -0.3 is 5.32 Å². The topological polar surface area (TPSA) is 12.0 Å². The molecule has 0 bridgehead atoms. The number of hydrogen-bond donors (Lipinski definition) is 1. The summed E-state index contributed by atoms with van der Waals surface area (Å²) in [5, 5.41) is 4.79. The van der Waals surface area contributed by atoms with Crippen molar-refractivity contribution in [2.24, 2.45) is 5.92 Å². The Morgan fingerprint density at radius 3 is 2.89 bits per heavy atom. The molecule has 104 valence electrons. The Bertz CT molecular complexity index is 443. The van der Waals surface area contributed by atoms with Gasteiger partial charge in [0.25, 0.3) is 0 Å². The summed E-state index contributed by atoms with van der Waals surface area (Å²) in [6.45, 7) is 2.40. The molecule has 0 amide bonds. The first-order valence-corrected chi connectivity index (χ1v) is 8.14. The zero-order chi connectivity index (χ0) is 13.2. The summed E-state index contributed by atoms with van der Waals surface area (Å²) in [5.74, 6) is 0.918. The van der Waals surface area contributed by atoms with Crippen molar-refractivity contribution in [2.75, 3.05) is 0 Å². The van der Waals surface area contributed by atoms with Gasteiger partial charge in [-0.05, 0) is 61.3 Å². The van der Waals surface area contributed by atoms with Crippen LogP contribution in [0.15, 0.2) is 18.2 Å². The number of aryl methyl sites for hydroxylation is 1. The van der Waals surface area contributed by atoms with Crippen LogP contribution in [0.3, 0.4) is 0 Å². The summed E-state index contributed by atoms with van der Waals surface area (Å²) in [4.78, 5) is 0. The molecule has 1 aromatic carbocycles. The lowest BCUT2D eigenvalue weighted by Crippen LogP contribution is -2.31. The monoisotopic (exact) mass is 277 g/mol. The third-order valence-corrected chi connectivity index (χ3v) is 5.11. The third-order valence-electron chi connectivity index (χ3n) is 4.88. The van der Waals surface area contributed by atoms with Gasteiger partial charge in [0.1, 0.15) is 0 Å². The van der Waals surface area contributed by atoms with Gasteiger partial charge in [-0.2, -0.15) is 0 Å². The highest BCUT2D eigenvalue weighted by Gasteiger charge is 2.25. The maximum Gasteiger partial charge on any atom is 0.0408 e. The number of nitrogens with one attached hydrogen (secondary N) is 1. The molecule has 0 heterocycles. The molecule has 3 atom stereocenters. The summed E-state index contributed by atoms with van der Waals surface area (Å²) in [5.41, 5.74) is 2.94. The van der Waals surface area contributed by atoms with Gasteiger partial charge in [-0.3, -0.25) is 0 Å². The van der Waals surface area contributed by atoms with E-state index in [4.69, 9.17) is 11.6 Å². The predicted octanol–water partition coefficient (Wildman–Crippen LogP) is 4.89. The molecule has 1 aromatic rings. The Balaban J connectivity index is 1.66. The summed E-state index contributed by atoms with van der Waals surface area (Å²) in [6.07, 6.45) is 9.30. The summed E-state index contributed by atoms with van der Waals surface area (Å²) in [6, 6.07) is 7.69. The van der Waals surface area contributed by atoms with E-state index in [9.17, 15) is 0 Å². The molecule has 0 aliphatic heterocycles. The van der Waals surface area contributed by atoms with E-state index in [-0.39, 0.29) is 0 Å². The van der Waals surface area contributed by atoms with Gasteiger partial charge in [-0.1, -0.05) is 37.4 Å². The second-order valence-corrected chi connectivity index (χ2v) is 6.85. The van der Waals surface area contributed by atoms with Crippen molar-refractivity contribution < 1.29 is 0 Å². The number of fused-ring (bicyclic) bond motifs is 1. The molecule has 3 unspecified atom stereocenters. The van der Waals surface area contributed by atoms with Gasteiger partial charge >= 0.3 is 0 Å². The molecule has 1 fully saturated rings. The fourth-order valence-electron chi connectivity index (χ4n) is 3.70. The fourth-order valence-corrected chi connectivity index (χ4v) is 3.89. The molecule has 1 saturated carbocycles. The van der Waals surface area contributed by atoms with Gasteiger partial charge in [0.2, 0.25) is 0 Å². The maximum absolute atomic E-state index is 6.08. The van der Waals surface area contributed by atoms with Gasteiger partial charge in [0, 0.05) is 17.1 Å². The van der Waals surface area contributed by atoms with Crippen LogP contribution >= 0.6 is 11.6 Å². The van der Waals surface area contributed by atoms with E-state index in [0.717, 1.165) is 17.0 Å². The van der Waals surface area contributed by atoms with Crippen LogP contribution in [0.5, 0.6) is 0 Å². The molecule has 0 radical (unpaired) electrons. The molecule has 3 rings (SSSR count). The first-order valence-electron chi connectivity index (χ1n) is 7.77. The van der Waals surface area contributed by atoms with E-state index in [1.54, 1.807) is 0 Å². The van der Waals surface area contributed by atoms with E-state index in [1.807, 2.05) is 6.07 Å². The van der Waals surface area contributed by atoms with Crippen molar-refractivity contribution in [3.63, 3.8) is 0 Å². The Hall–Kier alpha value is -0.530. The van der Waals surface area contributed by atoms with E-state index < -0.39 is 0 Å². The maximum atomic E-state index is 6.08. The minimum atomic E-state index is 0.561. The van der Waals surface area contributed by atoms with Crippen molar-refractivity contribution in [1.82, 2.24) is 5.32 Å². The van der Waals surface area contributed by atoms with Crippen LogP contribution in [-0.4, -0.2) is 6.04 Å². The average Bonchev–Trinajstić information content (AvgIpc) is 2.65. The number of halogens is 1. The lowest BCUT2D eigenvalue weighted by molar-refractivity contribution is 0.392. The van der Waals surface area contributed by atoms with Crippen LogP contribution in [-0.2, 0) is 6.42 Å². The first kappa shape index (κ1) is 13.5. The lowest BCUT2D eigenvalue weighted by atomic mass is 10.0. The van der Waals surface area contributed by atoms with E-state index in [0.29, 0.717) is 6.04 Å². The summed E-state index contributed by atoms with van der Waals surface area (Å²) < 4.78 is 0. The Morgan fingerprint density at radius 1 is 1.11 bits per heavy atom. The molecule has 2 aliphatic carbocycles. The predicted molar refractivity (Wildman–Crippen MR) is 81.7 cm³/mol. The van der Waals surface area contributed by atoms with Crippen molar-refractivity contribution >= 4 is 11.6 Å². The first-order chi connectivity index (χ1) is 9.22. The standard InChI is InChI=1S/C17H24ClN/c1-12-3-2-4-15(8-5-12)19-17-10-6-13-11-14(18)7-9-16(13)17/h7,9,11-12,15,17,19H,2-6,8,10H2,1H3. The summed E-state index contributed by atoms with van der Waals surface area (Å²) in [7, 11) is 0. The van der Waals surface area contributed by atoms with Crippen molar-refractivity contribution in [3.8, 4) is 0 Å². The molecular weight excluding hydrogens is 254 g/mol. The molecule has 0 spiro atoms. The second kappa shape index (κ2) is 5.85. The summed E-state index contributed by atoms with van der Waals surface area (Å²) >= 11 is 6.08. The van der Waals surface area contributed by atoms with Gasteiger partial charge in [0.15, 0.2) is 0 Å². The van der Waals surface area contributed by atoms with Crippen molar-refractivity contribution in [3.05, 3.63) is 34.3 Å². The average molecular weight is 278 g/mol. The van der Waals surface area contributed by atoms with Gasteiger partial charge in [-0.15, -0.1) is 0 Å². The molecule has 2 heteroatoms. The van der Waals surface area contributed by atoms with Gasteiger partial charge in [-0.25, -0.2) is 0 Å². The van der Waals surface area contributed by atoms with E-state index >= 15 is 0 Å². The molecule has 0 saturated heterocycles. The van der Waals surface area contributed by atoms with Crippen molar-refractivity contribution in [2.45, 2.75) is 64.0 Å². The quantitative estimate of drug-likeness (QED) is 0.759. The zero-order valence-corrected chi connectivity index (χ0v) is 12.5.